The Balaban J connectivity index is 2.25. The second-order valence-electron chi connectivity index (χ2n) is 5.14. The smallest absolute Gasteiger partial charge is 0.0834 e. The molecule has 0 bridgehead atoms. The quantitative estimate of drug-likeness (QED) is 0.895. The lowest BCUT2D eigenvalue weighted by Crippen LogP contribution is -2.27. The first-order valence-corrected chi connectivity index (χ1v) is 6.93. The number of nitrogens with one attached hydrogen (secondary N) is 1. The molecule has 2 rings (SSSR count). The molecule has 1 aromatic rings. The third-order valence-electron chi connectivity index (χ3n) is 3.95. The van der Waals surface area contributed by atoms with Crippen molar-refractivity contribution in [3.05, 3.63) is 16.9 Å². The Bertz CT molecular complexity index is 375. The average Bonchev–Trinajstić information content (AvgIpc) is 2.89. The summed E-state index contributed by atoms with van der Waals surface area (Å²) in [7, 11) is 2.02. The van der Waals surface area contributed by atoms with Crippen molar-refractivity contribution in [2.75, 3.05) is 7.05 Å². The third-order valence-corrected chi connectivity index (χ3v) is 4.24. The molecule has 0 spiro atoms. The van der Waals surface area contributed by atoms with Gasteiger partial charge in [0.15, 0.2) is 0 Å². The number of aryl methyl sites for hydroxylation is 1. The van der Waals surface area contributed by atoms with Gasteiger partial charge in [0.2, 0.25) is 0 Å². The van der Waals surface area contributed by atoms with E-state index in [9.17, 15) is 0 Å². The number of nitrogens with zero attached hydrogens (tertiary/aromatic N) is 2. The fourth-order valence-electron chi connectivity index (χ4n) is 3.08. The largest absolute Gasteiger partial charge is 0.311 e. The molecule has 1 saturated carbocycles. The summed E-state index contributed by atoms with van der Waals surface area (Å²) in [6.07, 6.45) is 5.68. The van der Waals surface area contributed by atoms with Gasteiger partial charge in [-0.1, -0.05) is 24.9 Å². The molecule has 0 aromatic carbocycles. The van der Waals surface area contributed by atoms with Crippen molar-refractivity contribution in [2.24, 2.45) is 11.8 Å². The van der Waals surface area contributed by atoms with Crippen molar-refractivity contribution in [1.82, 2.24) is 15.1 Å². The zero-order chi connectivity index (χ0) is 12.4. The van der Waals surface area contributed by atoms with E-state index in [4.69, 9.17) is 11.6 Å². The molecule has 1 fully saturated rings. The first kappa shape index (κ1) is 12.9. The molecule has 1 aromatic heterocycles. The second kappa shape index (κ2) is 5.40. The van der Waals surface area contributed by atoms with E-state index in [0.29, 0.717) is 12.0 Å². The molecule has 17 heavy (non-hydrogen) atoms. The van der Waals surface area contributed by atoms with Crippen molar-refractivity contribution in [3.8, 4) is 0 Å². The molecule has 0 saturated heterocycles. The van der Waals surface area contributed by atoms with Gasteiger partial charge in [-0.05, 0) is 38.6 Å². The van der Waals surface area contributed by atoms with Crippen molar-refractivity contribution >= 4 is 11.6 Å². The monoisotopic (exact) mass is 255 g/mol. The topological polar surface area (TPSA) is 29.9 Å². The van der Waals surface area contributed by atoms with Gasteiger partial charge in [-0.15, -0.1) is 0 Å². The van der Waals surface area contributed by atoms with E-state index < -0.39 is 0 Å². The van der Waals surface area contributed by atoms with E-state index in [1.165, 1.54) is 19.3 Å². The summed E-state index contributed by atoms with van der Waals surface area (Å²) in [5.74, 6) is 1.53. The maximum absolute atomic E-state index is 6.29. The molecule has 4 heteroatoms. The molecule has 0 radical (unpaired) electrons. The summed E-state index contributed by atoms with van der Waals surface area (Å²) in [4.78, 5) is 0. The summed E-state index contributed by atoms with van der Waals surface area (Å²) in [5, 5.41) is 8.57. The number of hydrogen-bond acceptors (Lipinski definition) is 2. The van der Waals surface area contributed by atoms with Crippen LogP contribution in [0.2, 0.25) is 5.02 Å². The zero-order valence-electron chi connectivity index (χ0n) is 10.9. The normalized spacial score (nSPS) is 26.4. The Hall–Kier alpha value is -0.540. The molecule has 3 atom stereocenters. The Morgan fingerprint density at radius 2 is 2.35 bits per heavy atom. The molecule has 96 valence electrons. The SMILES string of the molecule is CCn1ncc(Cl)c1C(NC)C1CCC(C)C1. The molecule has 3 nitrogen and oxygen atoms in total. The van der Waals surface area contributed by atoms with Gasteiger partial charge < -0.3 is 5.32 Å². The van der Waals surface area contributed by atoms with Crippen LogP contribution in [0.5, 0.6) is 0 Å². The van der Waals surface area contributed by atoms with Crippen LogP contribution in [0.3, 0.4) is 0 Å². The molecule has 1 heterocycles. The van der Waals surface area contributed by atoms with Gasteiger partial charge in [0, 0.05) is 6.54 Å². The number of aromatic nitrogens is 2. The second-order valence-corrected chi connectivity index (χ2v) is 5.55. The van der Waals surface area contributed by atoms with Gasteiger partial charge in [0.25, 0.3) is 0 Å². The van der Waals surface area contributed by atoms with Crippen LogP contribution in [0.1, 0.15) is 44.8 Å². The molecular formula is C13H22ClN3. The van der Waals surface area contributed by atoms with E-state index in [1.807, 2.05) is 11.7 Å². The predicted octanol–water partition coefficient (Wildman–Crippen LogP) is 3.25. The number of rotatable bonds is 4. The standard InChI is InChI=1S/C13H22ClN3/c1-4-17-13(11(14)8-16-17)12(15-3)10-6-5-9(2)7-10/h8-10,12,15H,4-7H2,1-3H3. The molecule has 1 N–H and O–H groups in total. The summed E-state index contributed by atoms with van der Waals surface area (Å²) >= 11 is 6.29. The highest BCUT2D eigenvalue weighted by molar-refractivity contribution is 6.31. The fourth-order valence-corrected chi connectivity index (χ4v) is 3.34. The van der Waals surface area contributed by atoms with Crippen LogP contribution in [0, 0.1) is 11.8 Å². The minimum atomic E-state index is 0.342. The van der Waals surface area contributed by atoms with E-state index in [-0.39, 0.29) is 0 Å². The van der Waals surface area contributed by atoms with Gasteiger partial charge in [-0.25, -0.2) is 0 Å². The highest BCUT2D eigenvalue weighted by Gasteiger charge is 2.32. The maximum Gasteiger partial charge on any atom is 0.0834 e. The minimum absolute atomic E-state index is 0.342. The van der Waals surface area contributed by atoms with Crippen LogP contribution in [0.25, 0.3) is 0 Å². The Labute approximate surface area is 109 Å². The van der Waals surface area contributed by atoms with E-state index in [2.05, 4.69) is 24.3 Å². The molecule has 1 aliphatic carbocycles. The van der Waals surface area contributed by atoms with Gasteiger partial charge in [0.05, 0.1) is 23.0 Å². The van der Waals surface area contributed by atoms with Gasteiger partial charge in [-0.3, -0.25) is 4.68 Å². The first-order chi connectivity index (χ1) is 8.17. The molecule has 0 amide bonds. The van der Waals surface area contributed by atoms with Gasteiger partial charge >= 0.3 is 0 Å². The van der Waals surface area contributed by atoms with Crippen molar-refractivity contribution in [2.45, 2.75) is 45.7 Å². The van der Waals surface area contributed by atoms with Crippen LogP contribution < -0.4 is 5.32 Å². The minimum Gasteiger partial charge on any atom is -0.311 e. The van der Waals surface area contributed by atoms with Gasteiger partial charge in [-0.2, -0.15) is 5.10 Å². The van der Waals surface area contributed by atoms with E-state index in [0.717, 1.165) is 23.2 Å². The molecule has 1 aliphatic rings. The lowest BCUT2D eigenvalue weighted by atomic mass is 9.94. The molecule has 0 aliphatic heterocycles. The Morgan fingerprint density at radius 1 is 1.59 bits per heavy atom. The van der Waals surface area contributed by atoms with E-state index in [1.54, 1.807) is 6.20 Å². The average molecular weight is 256 g/mol. The predicted molar refractivity (Wildman–Crippen MR) is 71.2 cm³/mol. The Kier molecular flexibility index (Phi) is 4.10. The van der Waals surface area contributed by atoms with Crippen LogP contribution in [0.4, 0.5) is 0 Å². The van der Waals surface area contributed by atoms with Crippen LogP contribution in [-0.4, -0.2) is 16.8 Å². The van der Waals surface area contributed by atoms with Gasteiger partial charge in [0.1, 0.15) is 0 Å². The van der Waals surface area contributed by atoms with Crippen LogP contribution >= 0.6 is 11.6 Å². The number of halogens is 1. The van der Waals surface area contributed by atoms with Crippen molar-refractivity contribution < 1.29 is 0 Å². The third kappa shape index (κ3) is 2.50. The van der Waals surface area contributed by atoms with E-state index >= 15 is 0 Å². The van der Waals surface area contributed by atoms with Crippen LogP contribution in [0.15, 0.2) is 6.20 Å². The first-order valence-electron chi connectivity index (χ1n) is 6.55. The fraction of sp³-hybridized carbons (Fsp3) is 0.769. The van der Waals surface area contributed by atoms with Crippen molar-refractivity contribution in [3.63, 3.8) is 0 Å². The Morgan fingerprint density at radius 3 is 2.88 bits per heavy atom. The lowest BCUT2D eigenvalue weighted by molar-refractivity contribution is 0.357. The lowest BCUT2D eigenvalue weighted by Gasteiger charge is -2.24. The summed E-state index contributed by atoms with van der Waals surface area (Å²) < 4.78 is 2.02. The summed E-state index contributed by atoms with van der Waals surface area (Å²) in [5.41, 5.74) is 1.16. The summed E-state index contributed by atoms with van der Waals surface area (Å²) in [6, 6.07) is 0.342. The van der Waals surface area contributed by atoms with Crippen molar-refractivity contribution in [1.29, 1.82) is 0 Å². The number of hydrogen-bond donors (Lipinski definition) is 1. The zero-order valence-corrected chi connectivity index (χ0v) is 11.7. The highest BCUT2D eigenvalue weighted by Crippen LogP contribution is 2.40. The maximum atomic E-state index is 6.29. The summed E-state index contributed by atoms with van der Waals surface area (Å²) in [6.45, 7) is 5.32. The molecular weight excluding hydrogens is 234 g/mol. The molecule has 3 unspecified atom stereocenters. The highest BCUT2D eigenvalue weighted by atomic mass is 35.5. The van der Waals surface area contributed by atoms with Crippen LogP contribution in [-0.2, 0) is 6.54 Å².